The van der Waals surface area contributed by atoms with Crippen molar-refractivity contribution in [1.82, 2.24) is 9.13 Å². The van der Waals surface area contributed by atoms with Crippen molar-refractivity contribution in [3.8, 4) is 0 Å². The predicted octanol–water partition coefficient (Wildman–Crippen LogP) is 4.19. The summed E-state index contributed by atoms with van der Waals surface area (Å²) in [5.74, 6) is -0.0865. The monoisotopic (exact) mass is 365 g/mol. The number of amides is 1. The van der Waals surface area contributed by atoms with Crippen LogP contribution in [0.1, 0.15) is 38.7 Å². The summed E-state index contributed by atoms with van der Waals surface area (Å²) in [6.07, 6.45) is 3.67. The third-order valence-corrected chi connectivity index (χ3v) is 4.86. The molecule has 1 heterocycles. The van der Waals surface area contributed by atoms with E-state index in [1.165, 1.54) is 18.4 Å². The summed E-state index contributed by atoms with van der Waals surface area (Å²) >= 11 is 0. The molecule has 3 aromatic rings. The average Bonchev–Trinajstić information content (AvgIpc) is 2.96. The maximum Gasteiger partial charge on any atom is 0.329 e. The van der Waals surface area contributed by atoms with Crippen molar-refractivity contribution in [2.75, 3.05) is 5.32 Å². The molecular formula is C22H27N3O2. The normalized spacial score (nSPS) is 11.0. The van der Waals surface area contributed by atoms with Gasteiger partial charge in [0.1, 0.15) is 0 Å². The van der Waals surface area contributed by atoms with E-state index >= 15 is 0 Å². The van der Waals surface area contributed by atoms with Crippen LogP contribution in [-0.4, -0.2) is 15.0 Å². The van der Waals surface area contributed by atoms with Gasteiger partial charge in [0.15, 0.2) is 0 Å². The standard InChI is InChI=1S/C22H27N3O2/c1-3-5-8-17-11-13-18(14-12-17)23-21(26)15-16-25-20-10-7-6-9-19(20)24(4-2)22(25)27/h6-7,9-14H,3-5,8,15-16H2,1-2H3,(H,23,26). The Balaban J connectivity index is 1.65. The highest BCUT2D eigenvalue weighted by Crippen LogP contribution is 2.14. The van der Waals surface area contributed by atoms with Crippen LogP contribution in [0.4, 0.5) is 5.69 Å². The average molecular weight is 365 g/mol. The van der Waals surface area contributed by atoms with Gasteiger partial charge in [-0.2, -0.15) is 0 Å². The van der Waals surface area contributed by atoms with Gasteiger partial charge in [0.2, 0.25) is 5.91 Å². The minimum atomic E-state index is -0.0865. The Bertz CT molecular complexity index is 967. The number of anilines is 1. The molecule has 0 spiro atoms. The fourth-order valence-electron chi connectivity index (χ4n) is 3.37. The maximum atomic E-state index is 12.6. The van der Waals surface area contributed by atoms with E-state index in [0.29, 0.717) is 13.1 Å². The van der Waals surface area contributed by atoms with E-state index in [4.69, 9.17) is 0 Å². The molecule has 0 bridgehead atoms. The third-order valence-electron chi connectivity index (χ3n) is 4.86. The van der Waals surface area contributed by atoms with E-state index in [2.05, 4.69) is 24.4 Å². The van der Waals surface area contributed by atoms with E-state index in [-0.39, 0.29) is 18.0 Å². The van der Waals surface area contributed by atoms with Gasteiger partial charge in [-0.05, 0) is 49.6 Å². The second kappa shape index (κ2) is 8.71. The number of hydrogen-bond acceptors (Lipinski definition) is 2. The Kier molecular flexibility index (Phi) is 6.12. The number of aryl methyl sites for hydroxylation is 3. The molecule has 0 aliphatic heterocycles. The van der Waals surface area contributed by atoms with E-state index < -0.39 is 0 Å². The molecule has 2 aromatic carbocycles. The van der Waals surface area contributed by atoms with Crippen LogP contribution >= 0.6 is 0 Å². The molecule has 0 aliphatic carbocycles. The van der Waals surface area contributed by atoms with Crippen LogP contribution in [0.5, 0.6) is 0 Å². The first-order valence-electron chi connectivity index (χ1n) is 9.71. The topological polar surface area (TPSA) is 56.0 Å². The molecule has 1 N–H and O–H groups in total. The number of imidazole rings is 1. The lowest BCUT2D eigenvalue weighted by Crippen LogP contribution is -2.25. The Morgan fingerprint density at radius 1 is 0.963 bits per heavy atom. The van der Waals surface area contributed by atoms with Crippen molar-refractivity contribution in [3.05, 3.63) is 64.6 Å². The molecule has 0 saturated carbocycles. The molecule has 0 fully saturated rings. The number of nitrogens with one attached hydrogen (secondary N) is 1. The molecule has 1 aromatic heterocycles. The molecule has 0 saturated heterocycles. The van der Waals surface area contributed by atoms with E-state index in [9.17, 15) is 9.59 Å². The van der Waals surface area contributed by atoms with Crippen molar-refractivity contribution in [2.45, 2.75) is 52.6 Å². The highest BCUT2D eigenvalue weighted by atomic mass is 16.2. The van der Waals surface area contributed by atoms with Crippen molar-refractivity contribution in [3.63, 3.8) is 0 Å². The molecule has 27 heavy (non-hydrogen) atoms. The van der Waals surface area contributed by atoms with Gasteiger partial charge >= 0.3 is 5.69 Å². The smallest absolute Gasteiger partial charge is 0.326 e. The molecule has 142 valence electrons. The zero-order valence-electron chi connectivity index (χ0n) is 16.1. The van der Waals surface area contributed by atoms with Gasteiger partial charge in [-0.15, -0.1) is 0 Å². The van der Waals surface area contributed by atoms with Gasteiger partial charge in [0.05, 0.1) is 11.0 Å². The Morgan fingerprint density at radius 2 is 1.63 bits per heavy atom. The number of unbranched alkanes of at least 4 members (excludes halogenated alkanes) is 1. The summed E-state index contributed by atoms with van der Waals surface area (Å²) in [6.45, 7) is 5.11. The zero-order chi connectivity index (χ0) is 19.2. The number of nitrogens with zero attached hydrogens (tertiary/aromatic N) is 2. The first-order valence-corrected chi connectivity index (χ1v) is 9.71. The number of carbonyl (C=O) groups excluding carboxylic acids is 1. The van der Waals surface area contributed by atoms with Crippen LogP contribution in [0.15, 0.2) is 53.3 Å². The van der Waals surface area contributed by atoms with E-state index in [0.717, 1.165) is 23.1 Å². The molecule has 0 atom stereocenters. The van der Waals surface area contributed by atoms with Crippen molar-refractivity contribution < 1.29 is 4.79 Å². The summed E-state index contributed by atoms with van der Waals surface area (Å²) in [4.78, 5) is 24.9. The number of fused-ring (bicyclic) bond motifs is 1. The van der Waals surface area contributed by atoms with Gasteiger partial charge in [-0.3, -0.25) is 13.9 Å². The lowest BCUT2D eigenvalue weighted by Gasteiger charge is -2.07. The number of carbonyl (C=O) groups is 1. The third kappa shape index (κ3) is 4.30. The Morgan fingerprint density at radius 3 is 2.26 bits per heavy atom. The van der Waals surface area contributed by atoms with Crippen LogP contribution in [0.2, 0.25) is 0 Å². The first kappa shape index (κ1) is 19.0. The molecule has 0 aliphatic rings. The molecule has 3 rings (SSSR count). The summed E-state index contributed by atoms with van der Waals surface area (Å²) < 4.78 is 3.43. The molecule has 0 radical (unpaired) electrons. The number of aromatic nitrogens is 2. The number of para-hydroxylation sites is 2. The van der Waals surface area contributed by atoms with Crippen LogP contribution < -0.4 is 11.0 Å². The second-order valence-electron chi connectivity index (χ2n) is 6.77. The molecule has 5 nitrogen and oxygen atoms in total. The Hall–Kier alpha value is -2.82. The molecular weight excluding hydrogens is 338 g/mol. The zero-order valence-corrected chi connectivity index (χ0v) is 16.1. The fraction of sp³-hybridized carbons (Fsp3) is 0.364. The van der Waals surface area contributed by atoms with E-state index in [1.54, 1.807) is 9.13 Å². The van der Waals surface area contributed by atoms with E-state index in [1.807, 2.05) is 43.3 Å². The quantitative estimate of drug-likeness (QED) is 0.651. The fourth-order valence-corrected chi connectivity index (χ4v) is 3.37. The Labute approximate surface area is 159 Å². The molecule has 1 amide bonds. The van der Waals surface area contributed by atoms with Crippen LogP contribution in [0, 0.1) is 0 Å². The molecule has 5 heteroatoms. The van der Waals surface area contributed by atoms with Crippen LogP contribution in [0.3, 0.4) is 0 Å². The van der Waals surface area contributed by atoms with Gasteiger partial charge in [0, 0.05) is 25.2 Å². The summed E-state index contributed by atoms with van der Waals surface area (Å²) in [5, 5.41) is 2.92. The highest BCUT2D eigenvalue weighted by Gasteiger charge is 2.12. The molecule has 0 unspecified atom stereocenters. The minimum absolute atomic E-state index is 0.0632. The minimum Gasteiger partial charge on any atom is -0.326 e. The van der Waals surface area contributed by atoms with Crippen molar-refractivity contribution in [1.29, 1.82) is 0 Å². The van der Waals surface area contributed by atoms with Crippen LogP contribution in [0.25, 0.3) is 11.0 Å². The maximum absolute atomic E-state index is 12.6. The summed E-state index contributed by atoms with van der Waals surface area (Å²) in [7, 11) is 0. The summed E-state index contributed by atoms with van der Waals surface area (Å²) in [6, 6.07) is 15.7. The number of hydrogen-bond donors (Lipinski definition) is 1. The number of benzene rings is 2. The number of rotatable bonds is 8. The SMILES string of the molecule is CCCCc1ccc(NC(=O)CCn2c(=O)n(CC)c3ccccc32)cc1. The van der Waals surface area contributed by atoms with Gasteiger partial charge in [-0.1, -0.05) is 37.6 Å². The van der Waals surface area contributed by atoms with Gasteiger partial charge < -0.3 is 5.32 Å². The second-order valence-corrected chi connectivity index (χ2v) is 6.77. The van der Waals surface area contributed by atoms with Crippen LogP contribution in [-0.2, 0) is 24.3 Å². The van der Waals surface area contributed by atoms with Crippen molar-refractivity contribution in [2.24, 2.45) is 0 Å². The first-order chi connectivity index (χ1) is 13.1. The summed E-state index contributed by atoms with van der Waals surface area (Å²) in [5.41, 5.74) is 3.80. The van der Waals surface area contributed by atoms with Crippen molar-refractivity contribution >= 4 is 22.6 Å². The largest absolute Gasteiger partial charge is 0.329 e. The lowest BCUT2D eigenvalue weighted by molar-refractivity contribution is -0.116. The predicted molar refractivity (Wildman–Crippen MR) is 110 cm³/mol. The van der Waals surface area contributed by atoms with Gasteiger partial charge in [0.25, 0.3) is 0 Å². The highest BCUT2D eigenvalue weighted by molar-refractivity contribution is 5.90. The lowest BCUT2D eigenvalue weighted by atomic mass is 10.1. The van der Waals surface area contributed by atoms with Gasteiger partial charge in [-0.25, -0.2) is 4.79 Å².